The molecule has 0 aliphatic heterocycles. The Balaban J connectivity index is 0.00000121. The first-order chi connectivity index (χ1) is 8.19. The highest BCUT2D eigenvalue weighted by Gasteiger charge is 2.11. The number of terminal acetylenes is 1. The number of carbonyl (C=O) groups is 1. The minimum atomic E-state index is -0.477. The van der Waals surface area contributed by atoms with E-state index in [0.717, 1.165) is 0 Å². The van der Waals surface area contributed by atoms with Crippen molar-refractivity contribution in [3.63, 3.8) is 0 Å². The average molecular weight is 235 g/mol. The molecule has 0 aliphatic carbocycles. The summed E-state index contributed by atoms with van der Waals surface area (Å²) in [5.74, 6) is 7.19. The largest absolute Gasteiger partial charge is 0.480 e. The van der Waals surface area contributed by atoms with Crippen LogP contribution in [0.25, 0.3) is 0 Å². The van der Waals surface area contributed by atoms with E-state index >= 15 is 0 Å². The van der Waals surface area contributed by atoms with Crippen molar-refractivity contribution in [3.05, 3.63) is 23.8 Å². The minimum absolute atomic E-state index is 0.0781. The van der Waals surface area contributed by atoms with E-state index in [-0.39, 0.29) is 12.2 Å². The Kier molecular flexibility index (Phi) is 6.99. The van der Waals surface area contributed by atoms with Crippen molar-refractivity contribution in [2.24, 2.45) is 5.84 Å². The van der Waals surface area contributed by atoms with Gasteiger partial charge in [0, 0.05) is 5.69 Å². The van der Waals surface area contributed by atoms with Crippen molar-refractivity contribution >= 4 is 11.6 Å². The molecule has 5 heteroatoms. The Bertz CT molecular complexity index is 411. The molecule has 0 saturated carbocycles. The normalized spacial score (nSPS) is 8.35. The molecule has 0 unspecified atom stereocenters. The Labute approximate surface area is 101 Å². The molecular formula is C12H17N3O2. The van der Waals surface area contributed by atoms with Gasteiger partial charge in [-0.3, -0.25) is 10.2 Å². The lowest BCUT2D eigenvalue weighted by atomic mass is 10.1. The molecule has 0 fully saturated rings. The molecule has 0 bridgehead atoms. The quantitative estimate of drug-likeness (QED) is 0.239. The Morgan fingerprint density at radius 3 is 2.71 bits per heavy atom. The Morgan fingerprint density at radius 1 is 1.53 bits per heavy atom. The number of anilines is 1. The first-order valence-electron chi connectivity index (χ1n) is 5.15. The zero-order chi connectivity index (χ0) is 13.3. The predicted octanol–water partition coefficient (Wildman–Crippen LogP) is 0.911. The van der Waals surface area contributed by atoms with Crippen molar-refractivity contribution in [3.8, 4) is 18.1 Å². The molecule has 17 heavy (non-hydrogen) atoms. The first-order valence-corrected chi connectivity index (χ1v) is 5.15. The minimum Gasteiger partial charge on any atom is -0.480 e. The molecule has 0 atom stereocenters. The van der Waals surface area contributed by atoms with E-state index in [0.29, 0.717) is 11.4 Å². The second-order valence-corrected chi connectivity index (χ2v) is 2.72. The van der Waals surface area contributed by atoms with Crippen molar-refractivity contribution in [2.45, 2.75) is 13.8 Å². The SMILES string of the molecule is C#CCOc1ccc(N)cc1C(=O)NN.CC. The molecule has 0 saturated heterocycles. The lowest BCUT2D eigenvalue weighted by molar-refractivity contribution is 0.0950. The average Bonchev–Trinajstić information content (AvgIpc) is 2.38. The number of hydrogen-bond acceptors (Lipinski definition) is 4. The molecule has 1 aromatic rings. The fourth-order valence-corrected chi connectivity index (χ4v) is 1.05. The number of carbonyl (C=O) groups excluding carboxylic acids is 1. The van der Waals surface area contributed by atoms with E-state index in [9.17, 15) is 4.79 Å². The highest BCUT2D eigenvalue weighted by molar-refractivity contribution is 5.97. The fourth-order valence-electron chi connectivity index (χ4n) is 1.05. The van der Waals surface area contributed by atoms with Gasteiger partial charge in [0.15, 0.2) is 0 Å². The van der Waals surface area contributed by atoms with Gasteiger partial charge < -0.3 is 10.5 Å². The molecule has 0 aromatic heterocycles. The van der Waals surface area contributed by atoms with Gasteiger partial charge in [0.1, 0.15) is 12.4 Å². The monoisotopic (exact) mass is 235 g/mol. The summed E-state index contributed by atoms with van der Waals surface area (Å²) < 4.78 is 5.16. The van der Waals surface area contributed by atoms with Crippen LogP contribution >= 0.6 is 0 Å². The molecule has 0 aliphatic rings. The molecular weight excluding hydrogens is 218 g/mol. The van der Waals surface area contributed by atoms with Gasteiger partial charge in [-0.2, -0.15) is 0 Å². The number of ether oxygens (including phenoxy) is 1. The maximum absolute atomic E-state index is 11.3. The van der Waals surface area contributed by atoms with Gasteiger partial charge in [-0.1, -0.05) is 19.8 Å². The predicted molar refractivity (Wildman–Crippen MR) is 68.2 cm³/mol. The van der Waals surface area contributed by atoms with Crippen LogP contribution in [0.3, 0.4) is 0 Å². The van der Waals surface area contributed by atoms with Crippen LogP contribution in [0.5, 0.6) is 5.75 Å². The second kappa shape index (κ2) is 8.02. The zero-order valence-corrected chi connectivity index (χ0v) is 9.99. The molecule has 0 radical (unpaired) electrons. The smallest absolute Gasteiger partial charge is 0.269 e. The Morgan fingerprint density at radius 2 is 2.18 bits per heavy atom. The van der Waals surface area contributed by atoms with Gasteiger partial charge in [0.25, 0.3) is 5.91 Å². The Hall–Kier alpha value is -2.19. The van der Waals surface area contributed by atoms with Crippen molar-refractivity contribution in [1.29, 1.82) is 0 Å². The maximum atomic E-state index is 11.3. The third-order valence-electron chi connectivity index (χ3n) is 1.69. The third-order valence-corrected chi connectivity index (χ3v) is 1.69. The number of nitrogen functional groups attached to an aromatic ring is 2. The van der Waals surface area contributed by atoms with Crippen LogP contribution in [0.1, 0.15) is 24.2 Å². The summed E-state index contributed by atoms with van der Waals surface area (Å²) in [5.41, 5.74) is 8.23. The van der Waals surface area contributed by atoms with Crippen LogP contribution in [0, 0.1) is 12.3 Å². The molecule has 5 nitrogen and oxygen atoms in total. The van der Waals surface area contributed by atoms with Gasteiger partial charge in [-0.25, -0.2) is 5.84 Å². The van der Waals surface area contributed by atoms with E-state index in [2.05, 4.69) is 5.92 Å². The van der Waals surface area contributed by atoms with Crippen LogP contribution < -0.4 is 21.7 Å². The van der Waals surface area contributed by atoms with Crippen molar-refractivity contribution in [1.82, 2.24) is 5.43 Å². The number of hydrogen-bond donors (Lipinski definition) is 3. The molecule has 1 aromatic carbocycles. The highest BCUT2D eigenvalue weighted by Crippen LogP contribution is 2.21. The molecule has 5 N–H and O–H groups in total. The summed E-state index contributed by atoms with van der Waals surface area (Å²) in [7, 11) is 0. The van der Waals surface area contributed by atoms with Crippen LogP contribution in [0.15, 0.2) is 18.2 Å². The van der Waals surface area contributed by atoms with E-state index in [4.69, 9.17) is 22.7 Å². The summed E-state index contributed by atoms with van der Waals surface area (Å²) in [5, 5.41) is 0. The van der Waals surface area contributed by atoms with Crippen molar-refractivity contribution < 1.29 is 9.53 Å². The van der Waals surface area contributed by atoms with Crippen LogP contribution in [0.4, 0.5) is 5.69 Å². The molecule has 92 valence electrons. The van der Waals surface area contributed by atoms with Gasteiger partial charge >= 0.3 is 0 Å². The molecule has 1 rings (SSSR count). The number of nitrogens with one attached hydrogen (secondary N) is 1. The summed E-state index contributed by atoms with van der Waals surface area (Å²) in [6, 6.07) is 4.64. The standard InChI is InChI=1S/C10H11N3O2.C2H6/c1-2-5-15-9-4-3-7(11)6-8(9)10(14)13-12;1-2/h1,3-4,6H,5,11-12H2,(H,13,14);1-2H3. The number of nitrogens with two attached hydrogens (primary N) is 2. The zero-order valence-electron chi connectivity index (χ0n) is 9.99. The number of rotatable bonds is 3. The van der Waals surface area contributed by atoms with E-state index in [1.165, 1.54) is 6.07 Å². The molecule has 0 spiro atoms. The van der Waals surface area contributed by atoms with Gasteiger partial charge in [0.2, 0.25) is 0 Å². The van der Waals surface area contributed by atoms with E-state index in [1.807, 2.05) is 19.3 Å². The van der Waals surface area contributed by atoms with Gasteiger partial charge in [-0.05, 0) is 18.2 Å². The topological polar surface area (TPSA) is 90.4 Å². The lowest BCUT2D eigenvalue weighted by Crippen LogP contribution is -2.30. The number of amides is 1. The third kappa shape index (κ3) is 4.45. The summed E-state index contributed by atoms with van der Waals surface area (Å²) >= 11 is 0. The number of benzene rings is 1. The van der Waals surface area contributed by atoms with Crippen LogP contribution in [-0.2, 0) is 0 Å². The highest BCUT2D eigenvalue weighted by atomic mass is 16.5. The molecule has 0 heterocycles. The summed E-state index contributed by atoms with van der Waals surface area (Å²) in [6.45, 7) is 4.08. The summed E-state index contributed by atoms with van der Waals surface area (Å²) in [6.07, 6.45) is 5.04. The van der Waals surface area contributed by atoms with E-state index in [1.54, 1.807) is 12.1 Å². The van der Waals surface area contributed by atoms with Gasteiger partial charge in [-0.15, -0.1) is 6.42 Å². The van der Waals surface area contributed by atoms with Crippen LogP contribution in [0.2, 0.25) is 0 Å². The van der Waals surface area contributed by atoms with E-state index < -0.39 is 5.91 Å². The van der Waals surface area contributed by atoms with Crippen molar-refractivity contribution in [2.75, 3.05) is 12.3 Å². The molecule has 1 amide bonds. The van der Waals surface area contributed by atoms with Gasteiger partial charge in [0.05, 0.1) is 5.56 Å². The maximum Gasteiger partial charge on any atom is 0.269 e. The lowest BCUT2D eigenvalue weighted by Gasteiger charge is -2.08. The fraction of sp³-hybridized carbons (Fsp3) is 0.250. The summed E-state index contributed by atoms with van der Waals surface area (Å²) in [4.78, 5) is 11.3. The first kappa shape index (κ1) is 14.8. The number of hydrazine groups is 1. The van der Waals surface area contributed by atoms with Crippen LogP contribution in [-0.4, -0.2) is 12.5 Å². The second-order valence-electron chi connectivity index (χ2n) is 2.72.